The SMILES string of the molecule is c1ccc(-c2cccc3c2oc2cc4cc5c(cc4cc23)oc2c(-c3ccccc3)cccc25)cc1. The third-order valence-electron chi connectivity index (χ3n) is 7.24. The van der Waals surface area contributed by atoms with Crippen LogP contribution >= 0.6 is 0 Å². The number of furan rings is 2. The highest BCUT2D eigenvalue weighted by atomic mass is 16.3. The summed E-state index contributed by atoms with van der Waals surface area (Å²) in [5, 5.41) is 6.78. The molecule has 8 rings (SSSR count). The summed E-state index contributed by atoms with van der Waals surface area (Å²) in [7, 11) is 0. The van der Waals surface area contributed by atoms with Gasteiger partial charge in [-0.3, -0.25) is 0 Å². The summed E-state index contributed by atoms with van der Waals surface area (Å²) in [5.74, 6) is 0. The van der Waals surface area contributed by atoms with Gasteiger partial charge in [0.1, 0.15) is 22.3 Å². The average Bonchev–Trinajstić information content (AvgIpc) is 3.48. The van der Waals surface area contributed by atoms with Gasteiger partial charge in [-0.1, -0.05) is 97.1 Å². The monoisotopic (exact) mass is 460 g/mol. The zero-order valence-electron chi connectivity index (χ0n) is 19.4. The third kappa shape index (κ3) is 2.79. The highest BCUT2D eigenvalue weighted by Gasteiger charge is 2.16. The molecule has 0 saturated heterocycles. The van der Waals surface area contributed by atoms with E-state index in [9.17, 15) is 0 Å². The quantitative estimate of drug-likeness (QED) is 0.256. The second kappa shape index (κ2) is 7.34. The van der Waals surface area contributed by atoms with Gasteiger partial charge in [0.15, 0.2) is 0 Å². The van der Waals surface area contributed by atoms with E-state index in [0.29, 0.717) is 0 Å². The molecule has 6 aromatic carbocycles. The lowest BCUT2D eigenvalue weighted by Gasteiger charge is -2.01. The largest absolute Gasteiger partial charge is 0.455 e. The smallest absolute Gasteiger partial charge is 0.143 e. The first-order valence-electron chi connectivity index (χ1n) is 12.2. The fraction of sp³-hybridized carbons (Fsp3) is 0. The van der Waals surface area contributed by atoms with Gasteiger partial charge in [-0.2, -0.15) is 0 Å². The first-order chi connectivity index (χ1) is 17.8. The highest BCUT2D eigenvalue weighted by molar-refractivity contribution is 6.17. The highest BCUT2D eigenvalue weighted by Crippen LogP contribution is 2.41. The minimum absolute atomic E-state index is 0.901. The number of fused-ring (bicyclic) bond motifs is 7. The standard InChI is InChI=1S/C34H20O2/c1-3-9-21(10-4-1)25-13-7-15-27-29-17-23-20-32-30(18-24(23)19-31(29)35-33(25)27)28-16-8-14-26(34(28)36-32)22-11-5-2-6-12-22/h1-20H. The molecule has 2 nitrogen and oxygen atoms in total. The van der Waals surface area contributed by atoms with E-state index >= 15 is 0 Å². The number of hydrogen-bond donors (Lipinski definition) is 0. The Morgan fingerprint density at radius 1 is 0.361 bits per heavy atom. The van der Waals surface area contributed by atoms with Gasteiger partial charge < -0.3 is 8.83 Å². The maximum atomic E-state index is 6.48. The molecule has 36 heavy (non-hydrogen) atoms. The van der Waals surface area contributed by atoms with Crippen molar-refractivity contribution in [2.75, 3.05) is 0 Å². The predicted molar refractivity (Wildman–Crippen MR) is 149 cm³/mol. The number of benzene rings is 6. The first-order valence-corrected chi connectivity index (χ1v) is 12.2. The zero-order valence-corrected chi connectivity index (χ0v) is 19.4. The molecule has 0 spiro atoms. The maximum Gasteiger partial charge on any atom is 0.143 e. The van der Waals surface area contributed by atoms with Crippen LogP contribution in [0.2, 0.25) is 0 Å². The van der Waals surface area contributed by atoms with Gasteiger partial charge in [-0.25, -0.2) is 0 Å². The predicted octanol–water partition coefficient (Wildman–Crippen LogP) is 9.97. The Bertz CT molecular complexity index is 1920. The second-order valence-corrected chi connectivity index (χ2v) is 9.34. The maximum absolute atomic E-state index is 6.48. The Labute approximate surface area is 207 Å². The van der Waals surface area contributed by atoms with Crippen molar-refractivity contribution in [2.24, 2.45) is 0 Å². The molecule has 0 atom stereocenters. The topological polar surface area (TPSA) is 26.3 Å². The van der Waals surface area contributed by atoms with Crippen LogP contribution in [-0.4, -0.2) is 0 Å². The Morgan fingerprint density at radius 3 is 1.25 bits per heavy atom. The van der Waals surface area contributed by atoms with Crippen molar-refractivity contribution in [3.8, 4) is 22.3 Å². The Hall–Kier alpha value is -4.82. The number of para-hydroxylation sites is 2. The van der Waals surface area contributed by atoms with Crippen LogP contribution < -0.4 is 0 Å². The number of hydrogen-bond acceptors (Lipinski definition) is 2. The molecule has 0 N–H and O–H groups in total. The van der Waals surface area contributed by atoms with Crippen molar-refractivity contribution in [3.05, 3.63) is 121 Å². The minimum Gasteiger partial charge on any atom is -0.455 e. The van der Waals surface area contributed by atoms with Crippen molar-refractivity contribution in [1.82, 2.24) is 0 Å². The van der Waals surface area contributed by atoms with E-state index in [4.69, 9.17) is 8.83 Å². The summed E-state index contributed by atoms with van der Waals surface area (Å²) >= 11 is 0. The molecule has 0 fully saturated rings. The van der Waals surface area contributed by atoms with Crippen molar-refractivity contribution >= 4 is 54.6 Å². The van der Waals surface area contributed by atoms with Crippen molar-refractivity contribution < 1.29 is 8.83 Å². The summed E-state index contributed by atoms with van der Waals surface area (Å²) in [4.78, 5) is 0. The summed E-state index contributed by atoms with van der Waals surface area (Å²) in [6.45, 7) is 0. The molecule has 0 aliphatic heterocycles. The van der Waals surface area contributed by atoms with Crippen LogP contribution in [0.3, 0.4) is 0 Å². The molecule has 0 saturated carbocycles. The van der Waals surface area contributed by atoms with Gasteiger partial charge in [0.2, 0.25) is 0 Å². The summed E-state index contributed by atoms with van der Waals surface area (Å²) < 4.78 is 13.0. The molecule has 0 radical (unpaired) electrons. The van der Waals surface area contributed by atoms with Crippen LogP contribution in [0.1, 0.15) is 0 Å². The lowest BCUT2D eigenvalue weighted by atomic mass is 10.00. The minimum atomic E-state index is 0.901. The van der Waals surface area contributed by atoms with Gasteiger partial charge in [-0.05, 0) is 46.2 Å². The fourth-order valence-corrected chi connectivity index (χ4v) is 5.53. The molecule has 0 bridgehead atoms. The molecule has 168 valence electrons. The van der Waals surface area contributed by atoms with Gasteiger partial charge in [0.25, 0.3) is 0 Å². The van der Waals surface area contributed by atoms with E-state index < -0.39 is 0 Å². The van der Waals surface area contributed by atoms with Crippen molar-refractivity contribution in [2.45, 2.75) is 0 Å². The van der Waals surface area contributed by atoms with Gasteiger partial charge in [0.05, 0.1) is 0 Å². The molecule has 2 aromatic heterocycles. The van der Waals surface area contributed by atoms with E-state index in [1.54, 1.807) is 0 Å². The van der Waals surface area contributed by atoms with E-state index in [1.165, 1.54) is 0 Å². The summed E-state index contributed by atoms with van der Waals surface area (Å²) in [6.07, 6.45) is 0. The van der Waals surface area contributed by atoms with Crippen molar-refractivity contribution in [3.63, 3.8) is 0 Å². The van der Waals surface area contributed by atoms with E-state index in [-0.39, 0.29) is 0 Å². The molecule has 0 aliphatic carbocycles. The molecule has 2 heteroatoms. The van der Waals surface area contributed by atoms with E-state index in [0.717, 1.165) is 76.9 Å². The summed E-state index contributed by atoms with van der Waals surface area (Å²) in [5.41, 5.74) is 8.19. The lowest BCUT2D eigenvalue weighted by molar-refractivity contribution is 0.669. The normalized spacial score (nSPS) is 11.9. The molecular formula is C34H20O2. The van der Waals surface area contributed by atoms with E-state index in [1.807, 2.05) is 12.1 Å². The number of rotatable bonds is 2. The molecule has 0 amide bonds. The average molecular weight is 461 g/mol. The first kappa shape index (κ1) is 19.5. The molecule has 2 heterocycles. The van der Waals surface area contributed by atoms with Gasteiger partial charge >= 0.3 is 0 Å². The van der Waals surface area contributed by atoms with Gasteiger partial charge in [0, 0.05) is 32.7 Å². The van der Waals surface area contributed by atoms with Crippen molar-refractivity contribution in [1.29, 1.82) is 0 Å². The zero-order chi connectivity index (χ0) is 23.6. The Balaban J connectivity index is 1.39. The van der Waals surface area contributed by atoms with Crippen LogP contribution in [0.15, 0.2) is 130 Å². The Morgan fingerprint density at radius 2 is 0.806 bits per heavy atom. The Kier molecular flexibility index (Phi) is 3.97. The lowest BCUT2D eigenvalue weighted by Crippen LogP contribution is -1.78. The van der Waals surface area contributed by atoms with Crippen LogP contribution in [0, 0.1) is 0 Å². The van der Waals surface area contributed by atoms with Gasteiger partial charge in [-0.15, -0.1) is 0 Å². The van der Waals surface area contributed by atoms with Crippen LogP contribution in [0.25, 0.3) is 76.9 Å². The molecule has 0 unspecified atom stereocenters. The van der Waals surface area contributed by atoms with E-state index in [2.05, 4.69) is 109 Å². The third-order valence-corrected chi connectivity index (χ3v) is 7.24. The van der Waals surface area contributed by atoms with Crippen LogP contribution in [0.5, 0.6) is 0 Å². The van der Waals surface area contributed by atoms with Crippen LogP contribution in [0.4, 0.5) is 0 Å². The fourth-order valence-electron chi connectivity index (χ4n) is 5.53. The second-order valence-electron chi connectivity index (χ2n) is 9.34. The van der Waals surface area contributed by atoms with Crippen LogP contribution in [-0.2, 0) is 0 Å². The molecular weight excluding hydrogens is 440 g/mol. The summed E-state index contributed by atoms with van der Waals surface area (Å²) in [6, 6.07) is 42.4. The molecule has 0 aliphatic rings. The molecule has 8 aromatic rings.